The van der Waals surface area contributed by atoms with Crippen LogP contribution in [0.3, 0.4) is 0 Å². The summed E-state index contributed by atoms with van der Waals surface area (Å²) < 4.78 is 5.24. The highest BCUT2D eigenvalue weighted by molar-refractivity contribution is 5.84. The van der Waals surface area contributed by atoms with Crippen molar-refractivity contribution in [1.29, 1.82) is 0 Å². The second-order valence-corrected chi connectivity index (χ2v) is 13.6. The molecule has 12 heteroatoms. The van der Waals surface area contributed by atoms with E-state index in [4.69, 9.17) is 10.5 Å². The van der Waals surface area contributed by atoms with E-state index in [1.807, 2.05) is 13.8 Å². The van der Waals surface area contributed by atoms with Crippen LogP contribution in [0.1, 0.15) is 83.8 Å². The summed E-state index contributed by atoms with van der Waals surface area (Å²) in [5.74, 6) is -0.210. The van der Waals surface area contributed by atoms with E-state index in [-0.39, 0.29) is 36.1 Å². The Morgan fingerprint density at radius 1 is 1.15 bits per heavy atom. The summed E-state index contributed by atoms with van der Waals surface area (Å²) >= 11 is 0. The highest BCUT2D eigenvalue weighted by atomic mass is 16.9. The second kappa shape index (κ2) is 17.6. The predicted octanol–water partition coefficient (Wildman–Crippen LogP) is 4.18. The Morgan fingerprint density at radius 3 is 2.46 bits per heavy atom. The molecule has 46 heavy (non-hydrogen) atoms. The molecule has 0 radical (unpaired) electrons. The van der Waals surface area contributed by atoms with Crippen molar-refractivity contribution in [2.75, 3.05) is 33.4 Å². The number of methoxy groups -OCH3 is 1. The van der Waals surface area contributed by atoms with E-state index in [1.54, 1.807) is 7.11 Å². The lowest BCUT2D eigenvalue weighted by Crippen LogP contribution is -2.50. The maximum absolute atomic E-state index is 13.4. The van der Waals surface area contributed by atoms with Crippen LogP contribution in [-0.4, -0.2) is 83.5 Å². The number of aliphatic hydroxyl groups is 1. The highest BCUT2D eigenvalue weighted by Gasteiger charge is 2.33. The summed E-state index contributed by atoms with van der Waals surface area (Å²) in [5.41, 5.74) is 10.3. The molecule has 1 aromatic carbocycles. The molecule has 2 aromatic rings. The summed E-state index contributed by atoms with van der Waals surface area (Å²) in [4.78, 5) is 45.0. The minimum atomic E-state index is -0.980. The largest absolute Gasteiger partial charge is 0.391 e. The number of aromatic amines is 1. The van der Waals surface area contributed by atoms with Crippen LogP contribution in [0.25, 0.3) is 10.9 Å². The fraction of sp³-hybridized carbons (Fsp3) is 0.706. The number of nitrogens with one attached hydrogen (secondary N) is 2. The fourth-order valence-electron chi connectivity index (χ4n) is 6.76. The first-order valence-electron chi connectivity index (χ1n) is 16.7. The van der Waals surface area contributed by atoms with Crippen LogP contribution in [0.15, 0.2) is 24.4 Å². The molecule has 5 atom stereocenters. The Hall–Kier alpha value is -3.22. The predicted molar refractivity (Wildman–Crippen MR) is 177 cm³/mol. The van der Waals surface area contributed by atoms with Crippen LogP contribution in [-0.2, 0) is 25.6 Å². The van der Waals surface area contributed by atoms with Crippen molar-refractivity contribution in [3.05, 3.63) is 45.6 Å². The first-order valence-corrected chi connectivity index (χ1v) is 16.7. The molecule has 2 amide bonds. The Kier molecular flexibility index (Phi) is 14.3. The van der Waals surface area contributed by atoms with Gasteiger partial charge in [0.25, 0.3) is 5.09 Å². The van der Waals surface area contributed by atoms with Gasteiger partial charge in [0, 0.05) is 61.9 Å². The van der Waals surface area contributed by atoms with E-state index in [1.165, 1.54) is 21.4 Å². The van der Waals surface area contributed by atoms with Crippen molar-refractivity contribution in [3.8, 4) is 0 Å². The summed E-state index contributed by atoms with van der Waals surface area (Å²) in [6.07, 6.45) is 5.13. The highest BCUT2D eigenvalue weighted by Crippen LogP contribution is 2.36. The maximum atomic E-state index is 13.4. The normalized spacial score (nSPS) is 17.6. The lowest BCUT2D eigenvalue weighted by atomic mass is 9.75. The number of nitrogens with zero attached hydrogens (tertiary/aromatic N) is 2. The molecule has 1 aliphatic heterocycles. The third-order valence-corrected chi connectivity index (χ3v) is 9.77. The van der Waals surface area contributed by atoms with Gasteiger partial charge in [0.1, 0.15) is 0 Å². The number of hydrogen-bond donors (Lipinski definition) is 4. The van der Waals surface area contributed by atoms with Crippen LogP contribution in [0.4, 0.5) is 0 Å². The number of H-pyrrole nitrogens is 1. The minimum absolute atomic E-state index is 0.00576. The average molecular weight is 646 g/mol. The average Bonchev–Trinajstić information content (AvgIpc) is 3.42. The van der Waals surface area contributed by atoms with Gasteiger partial charge in [-0.1, -0.05) is 40.7 Å². The molecule has 0 spiro atoms. The SMILES string of the molecule is COCCCc1c[nH]c2ccc(C(C)[C@@H](C[C@H](N)[C@@H](O)C[C@H](C(=O)NC3CCN(C(=O)CO[N+](=O)[O-])CC3)C(C)C)C(C)C)cc12. The van der Waals surface area contributed by atoms with Crippen molar-refractivity contribution >= 4 is 22.7 Å². The summed E-state index contributed by atoms with van der Waals surface area (Å²) in [7, 11) is 1.72. The molecule has 0 aliphatic carbocycles. The third-order valence-electron chi connectivity index (χ3n) is 9.77. The molecule has 0 bridgehead atoms. The number of carbonyl (C=O) groups is 2. The van der Waals surface area contributed by atoms with Crippen molar-refractivity contribution in [3.63, 3.8) is 0 Å². The van der Waals surface area contributed by atoms with Crippen LogP contribution in [0.5, 0.6) is 0 Å². The van der Waals surface area contributed by atoms with E-state index in [0.29, 0.717) is 38.3 Å². The number of aromatic nitrogens is 1. The minimum Gasteiger partial charge on any atom is -0.391 e. The molecule has 1 aromatic heterocycles. The van der Waals surface area contributed by atoms with Crippen LogP contribution < -0.4 is 11.1 Å². The first kappa shape index (κ1) is 37.2. The molecule has 3 rings (SSSR count). The van der Waals surface area contributed by atoms with Crippen molar-refractivity contribution in [1.82, 2.24) is 15.2 Å². The molecule has 1 saturated heterocycles. The van der Waals surface area contributed by atoms with Gasteiger partial charge in [0.2, 0.25) is 11.8 Å². The van der Waals surface area contributed by atoms with Gasteiger partial charge >= 0.3 is 0 Å². The molecule has 5 N–H and O–H groups in total. The number of carbonyl (C=O) groups excluding carboxylic acids is 2. The van der Waals surface area contributed by atoms with Crippen molar-refractivity contribution < 1.29 is 29.4 Å². The zero-order valence-corrected chi connectivity index (χ0v) is 28.4. The molecule has 258 valence electrons. The van der Waals surface area contributed by atoms with Gasteiger partial charge in [-0.25, -0.2) is 0 Å². The van der Waals surface area contributed by atoms with Gasteiger partial charge in [-0.2, -0.15) is 0 Å². The molecular formula is C34H55N5O7. The summed E-state index contributed by atoms with van der Waals surface area (Å²) in [6, 6.07) is 6.00. The Balaban J connectivity index is 1.59. The van der Waals surface area contributed by atoms with Gasteiger partial charge in [-0.15, -0.1) is 10.1 Å². The molecule has 12 nitrogen and oxygen atoms in total. The van der Waals surface area contributed by atoms with E-state index in [2.05, 4.69) is 60.3 Å². The fourth-order valence-corrected chi connectivity index (χ4v) is 6.76. The van der Waals surface area contributed by atoms with Gasteiger partial charge in [-0.3, -0.25) is 9.59 Å². The number of rotatable bonds is 18. The molecule has 0 saturated carbocycles. The van der Waals surface area contributed by atoms with E-state index in [9.17, 15) is 24.8 Å². The van der Waals surface area contributed by atoms with Gasteiger partial charge in [0.05, 0.1) is 6.10 Å². The topological polar surface area (TPSA) is 173 Å². The number of hydrogen-bond acceptors (Lipinski definition) is 8. The van der Waals surface area contributed by atoms with Crippen molar-refractivity contribution in [2.45, 2.75) is 97.2 Å². The maximum Gasteiger partial charge on any atom is 0.295 e. The number of aliphatic hydroxyl groups excluding tert-OH is 1. The van der Waals surface area contributed by atoms with E-state index >= 15 is 0 Å². The zero-order valence-electron chi connectivity index (χ0n) is 28.4. The standard InChI is InChI=1S/C34H55N5O7/c1-21(2)27(23(5)24-9-10-31-29(16-24)25(19-36-31)8-7-15-45-6)17-30(35)32(40)18-28(22(3)4)34(42)37-26-11-13-38(14-12-26)33(41)20-46-39(43)44/h9-10,16,19,21-23,26-28,30,32,36,40H,7-8,11-15,17-18,20,35H2,1-6H3,(H,37,42)/t23?,27-,28-,30-,32-/m0/s1. The van der Waals surface area contributed by atoms with Crippen LogP contribution in [0, 0.1) is 33.8 Å². The smallest absolute Gasteiger partial charge is 0.295 e. The number of aryl methyl sites for hydroxylation is 1. The Bertz CT molecular complexity index is 1270. The first-order chi connectivity index (χ1) is 21.8. The number of fused-ring (bicyclic) bond motifs is 1. The van der Waals surface area contributed by atoms with Crippen LogP contribution in [0.2, 0.25) is 0 Å². The quantitative estimate of drug-likeness (QED) is 0.106. The Morgan fingerprint density at radius 2 is 1.85 bits per heavy atom. The zero-order chi connectivity index (χ0) is 34.0. The van der Waals surface area contributed by atoms with Gasteiger partial charge in [0.15, 0.2) is 6.61 Å². The van der Waals surface area contributed by atoms with Gasteiger partial charge < -0.3 is 35.6 Å². The number of amides is 2. The van der Waals surface area contributed by atoms with E-state index in [0.717, 1.165) is 25.0 Å². The summed E-state index contributed by atoms with van der Waals surface area (Å²) in [5, 5.41) is 25.0. The lowest BCUT2D eigenvalue weighted by molar-refractivity contribution is -0.754. The third kappa shape index (κ3) is 10.4. The molecular weight excluding hydrogens is 590 g/mol. The van der Waals surface area contributed by atoms with E-state index < -0.39 is 35.7 Å². The lowest BCUT2D eigenvalue weighted by Gasteiger charge is -2.35. The number of piperidine rings is 1. The monoisotopic (exact) mass is 645 g/mol. The second-order valence-electron chi connectivity index (χ2n) is 13.6. The number of benzene rings is 1. The number of nitrogens with two attached hydrogens (primary N) is 1. The summed E-state index contributed by atoms with van der Waals surface area (Å²) in [6.45, 7) is 11.5. The van der Waals surface area contributed by atoms with Gasteiger partial charge in [-0.05, 0) is 85.5 Å². The molecule has 2 heterocycles. The Labute approximate surface area is 272 Å². The number of likely N-dealkylation sites (tertiary alicyclic amines) is 1. The number of ether oxygens (including phenoxy) is 1. The molecule has 1 aliphatic rings. The van der Waals surface area contributed by atoms with Crippen molar-refractivity contribution in [2.24, 2.45) is 29.4 Å². The molecule has 1 fully saturated rings. The molecule has 1 unspecified atom stereocenters. The van der Waals surface area contributed by atoms with Crippen LogP contribution >= 0.6 is 0 Å².